The number of esters is 1. The SMILES string of the molecule is CCOC(=O)C1=C(C)N=c2s/c(=C\c3ccccc3OCc3ccc(Br)cc3)c(=O)n2[C@H]1c1ccc(OC(C)C)c(OC)c1. The van der Waals surface area contributed by atoms with E-state index in [2.05, 4.69) is 20.9 Å². The van der Waals surface area contributed by atoms with Gasteiger partial charge in [-0.15, -0.1) is 0 Å². The molecule has 0 saturated heterocycles. The molecule has 0 unspecified atom stereocenters. The fourth-order valence-electron chi connectivity index (χ4n) is 4.93. The van der Waals surface area contributed by atoms with E-state index in [9.17, 15) is 9.59 Å². The fraction of sp³-hybridized carbons (Fsp3) is 0.265. The molecule has 1 atom stereocenters. The number of benzene rings is 3. The van der Waals surface area contributed by atoms with E-state index in [1.54, 1.807) is 43.7 Å². The van der Waals surface area contributed by atoms with Crippen LogP contribution >= 0.6 is 27.3 Å². The molecular formula is C34H33BrN2O6S. The zero-order valence-corrected chi connectivity index (χ0v) is 27.5. The molecule has 0 fully saturated rings. The van der Waals surface area contributed by atoms with Crippen molar-refractivity contribution in [2.24, 2.45) is 4.99 Å². The molecule has 0 radical (unpaired) electrons. The lowest BCUT2D eigenvalue weighted by molar-refractivity contribution is -0.139. The van der Waals surface area contributed by atoms with Crippen molar-refractivity contribution >= 4 is 39.3 Å². The van der Waals surface area contributed by atoms with Crippen LogP contribution in [0.1, 0.15) is 50.4 Å². The van der Waals surface area contributed by atoms with Crippen molar-refractivity contribution < 1.29 is 23.7 Å². The third-order valence-corrected chi connectivity index (χ3v) is 8.41. The summed E-state index contributed by atoms with van der Waals surface area (Å²) in [4.78, 5) is 32.6. The summed E-state index contributed by atoms with van der Waals surface area (Å²) in [6.45, 7) is 7.93. The molecule has 1 aromatic heterocycles. The van der Waals surface area contributed by atoms with E-state index in [4.69, 9.17) is 18.9 Å². The van der Waals surface area contributed by atoms with Gasteiger partial charge in [0.1, 0.15) is 12.4 Å². The van der Waals surface area contributed by atoms with Gasteiger partial charge in [-0.05, 0) is 75.2 Å². The number of nitrogens with zero attached hydrogens (tertiary/aromatic N) is 2. The average Bonchev–Trinajstić information content (AvgIpc) is 3.30. The summed E-state index contributed by atoms with van der Waals surface area (Å²) < 4.78 is 26.1. The van der Waals surface area contributed by atoms with Gasteiger partial charge in [-0.3, -0.25) is 9.36 Å². The lowest BCUT2D eigenvalue weighted by Gasteiger charge is -2.25. The van der Waals surface area contributed by atoms with Gasteiger partial charge in [-0.2, -0.15) is 0 Å². The van der Waals surface area contributed by atoms with Crippen LogP contribution in [0.15, 0.2) is 92.3 Å². The first-order valence-electron chi connectivity index (χ1n) is 14.2. The summed E-state index contributed by atoms with van der Waals surface area (Å²) in [5, 5.41) is 0. The van der Waals surface area contributed by atoms with Gasteiger partial charge >= 0.3 is 5.97 Å². The summed E-state index contributed by atoms with van der Waals surface area (Å²) in [5.74, 6) is 1.18. The number of para-hydroxylation sites is 1. The van der Waals surface area contributed by atoms with Crippen molar-refractivity contribution in [1.29, 1.82) is 0 Å². The number of hydrogen-bond donors (Lipinski definition) is 0. The number of rotatable bonds is 10. The van der Waals surface area contributed by atoms with Crippen molar-refractivity contribution in [1.82, 2.24) is 4.57 Å². The van der Waals surface area contributed by atoms with Gasteiger partial charge in [0.05, 0.1) is 41.7 Å². The molecule has 0 saturated carbocycles. The quantitative estimate of drug-likeness (QED) is 0.193. The molecule has 4 aromatic rings. The van der Waals surface area contributed by atoms with Crippen molar-refractivity contribution in [3.63, 3.8) is 0 Å². The third kappa shape index (κ3) is 6.66. The van der Waals surface area contributed by atoms with Gasteiger partial charge in [0.25, 0.3) is 5.56 Å². The molecule has 0 N–H and O–H groups in total. The first-order valence-corrected chi connectivity index (χ1v) is 15.8. The Morgan fingerprint density at radius 1 is 1.07 bits per heavy atom. The summed E-state index contributed by atoms with van der Waals surface area (Å²) in [6.07, 6.45) is 1.74. The Kier molecular flexibility index (Phi) is 9.71. The number of fused-ring (bicyclic) bond motifs is 1. The van der Waals surface area contributed by atoms with E-state index < -0.39 is 12.0 Å². The van der Waals surface area contributed by atoms with Crippen LogP contribution in [0, 0.1) is 0 Å². The molecular weight excluding hydrogens is 644 g/mol. The van der Waals surface area contributed by atoms with Crippen LogP contribution in [0.3, 0.4) is 0 Å². The standard InChI is InChI=1S/C34H33BrN2O6S/c1-6-41-33(39)30-21(4)36-34-37(31(30)24-13-16-27(43-20(2)3)28(17-24)40-5)32(38)29(44-34)18-23-9-7-8-10-26(23)42-19-22-11-14-25(35)15-12-22/h7-18,20,31H,6,19H2,1-5H3/b29-18-/t31-/m0/s1. The number of carbonyl (C=O) groups excluding carboxylic acids is 1. The number of ether oxygens (including phenoxy) is 4. The molecule has 1 aliphatic heterocycles. The zero-order valence-electron chi connectivity index (χ0n) is 25.1. The van der Waals surface area contributed by atoms with E-state index >= 15 is 0 Å². The molecule has 1 aliphatic rings. The number of methoxy groups -OCH3 is 1. The topological polar surface area (TPSA) is 88.4 Å². The maximum absolute atomic E-state index is 14.1. The highest BCUT2D eigenvalue weighted by atomic mass is 79.9. The maximum atomic E-state index is 14.1. The Bertz CT molecular complexity index is 1890. The van der Waals surface area contributed by atoms with E-state index in [-0.39, 0.29) is 18.3 Å². The minimum atomic E-state index is -0.779. The molecule has 44 heavy (non-hydrogen) atoms. The summed E-state index contributed by atoms with van der Waals surface area (Å²) >= 11 is 4.71. The highest BCUT2D eigenvalue weighted by molar-refractivity contribution is 9.10. The normalized spacial score (nSPS) is 14.7. The van der Waals surface area contributed by atoms with Crippen LogP contribution in [-0.2, 0) is 16.1 Å². The molecule has 0 bridgehead atoms. The Labute approximate surface area is 268 Å². The van der Waals surface area contributed by atoms with Crippen LogP contribution in [0.2, 0.25) is 0 Å². The number of thiazole rings is 1. The van der Waals surface area contributed by atoms with Gasteiger partial charge in [0.2, 0.25) is 0 Å². The molecule has 0 aliphatic carbocycles. The molecule has 228 valence electrons. The molecule has 0 spiro atoms. The first-order chi connectivity index (χ1) is 21.2. The monoisotopic (exact) mass is 676 g/mol. The van der Waals surface area contributed by atoms with Crippen molar-refractivity contribution in [3.05, 3.63) is 119 Å². The van der Waals surface area contributed by atoms with E-state index in [1.807, 2.05) is 68.4 Å². The molecule has 0 amide bonds. The van der Waals surface area contributed by atoms with Gasteiger partial charge in [0.15, 0.2) is 16.3 Å². The van der Waals surface area contributed by atoms with Crippen LogP contribution in [0.25, 0.3) is 6.08 Å². The van der Waals surface area contributed by atoms with Gasteiger partial charge in [0, 0.05) is 10.0 Å². The van der Waals surface area contributed by atoms with Crippen molar-refractivity contribution in [2.75, 3.05) is 13.7 Å². The number of aromatic nitrogens is 1. The maximum Gasteiger partial charge on any atom is 0.338 e. The van der Waals surface area contributed by atoms with Crippen LogP contribution in [0.4, 0.5) is 0 Å². The first kappa shape index (κ1) is 31.3. The second-order valence-corrected chi connectivity index (χ2v) is 12.3. The lowest BCUT2D eigenvalue weighted by atomic mass is 9.95. The minimum Gasteiger partial charge on any atom is -0.493 e. The number of allylic oxidation sites excluding steroid dienone is 1. The average molecular weight is 678 g/mol. The van der Waals surface area contributed by atoms with Crippen molar-refractivity contribution in [3.8, 4) is 17.2 Å². The molecule has 3 aromatic carbocycles. The second-order valence-electron chi connectivity index (χ2n) is 10.3. The van der Waals surface area contributed by atoms with Gasteiger partial charge in [-0.25, -0.2) is 9.79 Å². The van der Waals surface area contributed by atoms with Crippen LogP contribution in [0.5, 0.6) is 17.2 Å². The number of hydrogen-bond acceptors (Lipinski definition) is 8. The molecule has 8 nitrogen and oxygen atoms in total. The second kappa shape index (κ2) is 13.7. The molecule has 2 heterocycles. The van der Waals surface area contributed by atoms with Crippen LogP contribution < -0.4 is 29.1 Å². The summed E-state index contributed by atoms with van der Waals surface area (Å²) in [7, 11) is 1.56. The Morgan fingerprint density at radius 3 is 2.52 bits per heavy atom. The van der Waals surface area contributed by atoms with Crippen LogP contribution in [-0.4, -0.2) is 30.4 Å². The van der Waals surface area contributed by atoms with E-state index in [0.717, 1.165) is 15.6 Å². The molecule has 5 rings (SSSR count). The summed E-state index contributed by atoms with van der Waals surface area (Å²) in [5.41, 5.74) is 2.94. The zero-order chi connectivity index (χ0) is 31.4. The number of carbonyl (C=O) groups is 1. The smallest absolute Gasteiger partial charge is 0.338 e. The third-order valence-electron chi connectivity index (χ3n) is 6.90. The summed E-state index contributed by atoms with van der Waals surface area (Å²) in [6, 6.07) is 20.1. The number of halogens is 1. The lowest BCUT2D eigenvalue weighted by Crippen LogP contribution is -2.40. The predicted molar refractivity (Wildman–Crippen MR) is 174 cm³/mol. The van der Waals surface area contributed by atoms with Gasteiger partial charge < -0.3 is 18.9 Å². The minimum absolute atomic E-state index is 0.0635. The molecule has 10 heteroatoms. The predicted octanol–water partition coefficient (Wildman–Crippen LogP) is 5.94. The van der Waals surface area contributed by atoms with Gasteiger partial charge in [-0.1, -0.05) is 63.7 Å². The van der Waals surface area contributed by atoms with E-state index in [1.165, 1.54) is 11.3 Å². The Balaban J connectivity index is 1.61. The Hall–Kier alpha value is -4.15. The highest BCUT2D eigenvalue weighted by Crippen LogP contribution is 2.36. The fourth-order valence-corrected chi connectivity index (χ4v) is 6.23. The Morgan fingerprint density at radius 2 is 1.82 bits per heavy atom. The van der Waals surface area contributed by atoms with Crippen molar-refractivity contribution in [2.45, 2.75) is 46.4 Å². The highest BCUT2D eigenvalue weighted by Gasteiger charge is 2.34. The van der Waals surface area contributed by atoms with E-state index in [0.29, 0.717) is 50.0 Å². The largest absolute Gasteiger partial charge is 0.493 e.